The first-order chi connectivity index (χ1) is 16.5. The average molecular weight is 477 g/mol. The number of hydrogen-bond donors (Lipinski definition) is 2. The summed E-state index contributed by atoms with van der Waals surface area (Å²) in [5, 5.41) is 20.3. The number of Topliss-reactive ketones (excluding diaryl/α,β-unsaturated/α-hetero) is 1. The van der Waals surface area contributed by atoms with E-state index in [2.05, 4.69) is 13.8 Å². The third-order valence-corrected chi connectivity index (χ3v) is 6.01. The topological polar surface area (TPSA) is 101 Å². The second-order valence-electron chi connectivity index (χ2n) is 9.65. The van der Waals surface area contributed by atoms with Crippen LogP contribution in [-0.4, -0.2) is 33.9 Å². The molecule has 0 amide bonds. The van der Waals surface area contributed by atoms with Crippen molar-refractivity contribution in [3.63, 3.8) is 0 Å². The van der Waals surface area contributed by atoms with Gasteiger partial charge in [0.1, 0.15) is 17.6 Å². The fourth-order valence-electron chi connectivity index (χ4n) is 4.10. The number of esters is 1. The molecule has 1 unspecified atom stereocenters. The van der Waals surface area contributed by atoms with Gasteiger partial charge >= 0.3 is 5.97 Å². The molecule has 2 aromatic rings. The molecule has 0 spiro atoms. The summed E-state index contributed by atoms with van der Waals surface area (Å²) in [6.07, 6.45) is 3.02. The maximum atomic E-state index is 13.3. The normalized spacial score (nSPS) is 14.7. The first-order valence-electron chi connectivity index (χ1n) is 11.8. The Balaban J connectivity index is 1.89. The van der Waals surface area contributed by atoms with Crippen LogP contribution < -0.4 is 0 Å². The summed E-state index contributed by atoms with van der Waals surface area (Å²) >= 11 is 0. The van der Waals surface area contributed by atoms with Crippen LogP contribution in [0.15, 0.2) is 59.7 Å². The molecule has 2 aromatic carbocycles. The second kappa shape index (κ2) is 10.7. The van der Waals surface area contributed by atoms with Gasteiger partial charge in [0, 0.05) is 12.0 Å². The van der Waals surface area contributed by atoms with E-state index in [1.807, 2.05) is 44.2 Å². The van der Waals surface area contributed by atoms with E-state index < -0.39 is 35.3 Å². The molecular formula is C29H32O6. The van der Waals surface area contributed by atoms with Gasteiger partial charge in [0.05, 0.1) is 17.0 Å². The summed E-state index contributed by atoms with van der Waals surface area (Å²) in [6.45, 7) is 9.78. The highest BCUT2D eigenvalue weighted by Crippen LogP contribution is 2.36. The zero-order valence-corrected chi connectivity index (χ0v) is 20.8. The molecule has 6 nitrogen and oxygen atoms in total. The van der Waals surface area contributed by atoms with Gasteiger partial charge < -0.3 is 14.9 Å². The summed E-state index contributed by atoms with van der Waals surface area (Å²) in [5.74, 6) is -2.68. The van der Waals surface area contributed by atoms with Crippen LogP contribution in [0.25, 0.3) is 0 Å². The molecule has 184 valence electrons. The Morgan fingerprint density at radius 1 is 0.943 bits per heavy atom. The fraction of sp³-hybridized carbons (Fsp3) is 0.345. The lowest BCUT2D eigenvalue weighted by atomic mass is 9.85. The lowest BCUT2D eigenvalue weighted by Gasteiger charge is -2.25. The van der Waals surface area contributed by atoms with E-state index in [0.29, 0.717) is 5.92 Å². The molecule has 2 N–H and O–H groups in total. The Labute approximate surface area is 205 Å². The highest BCUT2D eigenvalue weighted by molar-refractivity contribution is 6.27. The molecule has 6 heteroatoms. The van der Waals surface area contributed by atoms with Crippen molar-refractivity contribution < 1.29 is 29.3 Å². The third kappa shape index (κ3) is 5.88. The number of hydrogen-bond acceptors (Lipinski definition) is 6. The van der Waals surface area contributed by atoms with Gasteiger partial charge in [0.25, 0.3) is 0 Å². The number of phenols is 2. The van der Waals surface area contributed by atoms with Crippen LogP contribution in [0.2, 0.25) is 0 Å². The molecule has 2 atom stereocenters. The van der Waals surface area contributed by atoms with Crippen molar-refractivity contribution in [3.8, 4) is 11.5 Å². The summed E-state index contributed by atoms with van der Waals surface area (Å²) in [5.41, 5.74) is 2.37. The molecule has 0 saturated carbocycles. The number of benzene rings is 2. The van der Waals surface area contributed by atoms with Crippen molar-refractivity contribution in [1.82, 2.24) is 0 Å². The molecule has 0 radical (unpaired) electrons. The molecule has 0 aromatic heterocycles. The van der Waals surface area contributed by atoms with Gasteiger partial charge in [-0.25, -0.2) is 0 Å². The van der Waals surface area contributed by atoms with Gasteiger partial charge in [-0.05, 0) is 62.4 Å². The summed E-state index contributed by atoms with van der Waals surface area (Å²) in [7, 11) is 0. The van der Waals surface area contributed by atoms with Crippen LogP contribution in [0.3, 0.4) is 0 Å². The standard InChI is InChI=1S/C29H32O6/c1-16(2)6-13-25(21-15-24(32)26-22(30)11-12-23(31)27(26)28(21)33)35-29(34)18(5)20-9-7-19(8-10-20)14-17(3)4/h6-12,15,17-18,25,30-31H,13-14H2,1-5H3/t18?,25-/m1/s1. The molecule has 1 aliphatic rings. The summed E-state index contributed by atoms with van der Waals surface area (Å²) in [4.78, 5) is 39.1. The van der Waals surface area contributed by atoms with Crippen LogP contribution in [0.1, 0.15) is 78.8 Å². The number of fused-ring (bicyclic) bond motifs is 1. The molecule has 0 aliphatic heterocycles. The predicted molar refractivity (Wildman–Crippen MR) is 134 cm³/mol. The van der Waals surface area contributed by atoms with E-state index in [1.54, 1.807) is 6.92 Å². The first-order valence-corrected chi connectivity index (χ1v) is 11.8. The van der Waals surface area contributed by atoms with Gasteiger partial charge in [-0.3, -0.25) is 14.4 Å². The van der Waals surface area contributed by atoms with Gasteiger partial charge in [-0.1, -0.05) is 49.8 Å². The van der Waals surface area contributed by atoms with Gasteiger partial charge in [0.15, 0.2) is 11.6 Å². The molecule has 1 aliphatic carbocycles. The number of ketones is 2. The monoisotopic (exact) mass is 476 g/mol. The van der Waals surface area contributed by atoms with Gasteiger partial charge in [-0.2, -0.15) is 0 Å². The SMILES string of the molecule is CC(C)=CC[C@@H](OC(=O)C(C)c1ccc(CC(C)C)cc1)C1=CC(=O)c2c(O)ccc(O)c2C1=O. The molecule has 0 fully saturated rings. The third-order valence-electron chi connectivity index (χ3n) is 6.01. The first kappa shape index (κ1) is 25.9. The van der Waals surface area contributed by atoms with Crippen LogP contribution in [0.5, 0.6) is 11.5 Å². The number of aromatic hydroxyl groups is 2. The Morgan fingerprint density at radius 2 is 1.54 bits per heavy atom. The van der Waals surface area contributed by atoms with Crippen LogP contribution >= 0.6 is 0 Å². The number of phenolic OH excluding ortho intramolecular Hbond substituents is 2. The Hall–Kier alpha value is -3.67. The van der Waals surface area contributed by atoms with E-state index in [1.165, 1.54) is 5.56 Å². The van der Waals surface area contributed by atoms with Gasteiger partial charge in [-0.15, -0.1) is 0 Å². The maximum absolute atomic E-state index is 13.3. The quantitative estimate of drug-likeness (QED) is 0.289. The molecule has 0 heterocycles. The largest absolute Gasteiger partial charge is 0.507 e. The molecule has 0 bridgehead atoms. The summed E-state index contributed by atoms with van der Waals surface area (Å²) < 4.78 is 5.79. The van der Waals surface area contributed by atoms with Gasteiger partial charge in [0.2, 0.25) is 0 Å². The number of carbonyl (C=O) groups excluding carboxylic acids is 3. The van der Waals surface area contributed by atoms with E-state index in [4.69, 9.17) is 4.74 Å². The predicted octanol–water partition coefficient (Wildman–Crippen LogP) is 5.67. The maximum Gasteiger partial charge on any atom is 0.313 e. The zero-order chi connectivity index (χ0) is 25.9. The Morgan fingerprint density at radius 3 is 2.11 bits per heavy atom. The zero-order valence-electron chi connectivity index (χ0n) is 20.8. The number of allylic oxidation sites excluding steroid dienone is 2. The van der Waals surface area contributed by atoms with Crippen molar-refractivity contribution >= 4 is 17.5 Å². The van der Waals surface area contributed by atoms with Crippen molar-refractivity contribution in [2.24, 2.45) is 5.92 Å². The minimum Gasteiger partial charge on any atom is -0.507 e. The van der Waals surface area contributed by atoms with Crippen LogP contribution in [0.4, 0.5) is 0 Å². The number of carbonyl (C=O) groups is 3. The van der Waals surface area contributed by atoms with E-state index in [9.17, 15) is 24.6 Å². The van der Waals surface area contributed by atoms with E-state index in [-0.39, 0.29) is 28.9 Å². The van der Waals surface area contributed by atoms with E-state index in [0.717, 1.165) is 35.8 Å². The lowest BCUT2D eigenvalue weighted by Crippen LogP contribution is -2.30. The van der Waals surface area contributed by atoms with Crippen molar-refractivity contribution in [3.05, 3.63) is 82.0 Å². The molecule has 3 rings (SSSR count). The van der Waals surface area contributed by atoms with Crippen LogP contribution in [0, 0.1) is 5.92 Å². The smallest absolute Gasteiger partial charge is 0.313 e. The van der Waals surface area contributed by atoms with Crippen LogP contribution in [-0.2, 0) is 16.0 Å². The lowest BCUT2D eigenvalue weighted by molar-refractivity contribution is -0.148. The Bertz CT molecular complexity index is 1200. The molecular weight excluding hydrogens is 444 g/mol. The molecule has 35 heavy (non-hydrogen) atoms. The van der Waals surface area contributed by atoms with Crippen molar-refractivity contribution in [2.45, 2.75) is 59.5 Å². The minimum absolute atomic E-state index is 0.0336. The number of rotatable bonds is 8. The highest BCUT2D eigenvalue weighted by Gasteiger charge is 2.36. The van der Waals surface area contributed by atoms with Crippen molar-refractivity contribution in [2.75, 3.05) is 0 Å². The fourth-order valence-corrected chi connectivity index (χ4v) is 4.10. The second-order valence-corrected chi connectivity index (χ2v) is 9.65. The summed E-state index contributed by atoms with van der Waals surface area (Å²) in [6, 6.07) is 10.1. The average Bonchev–Trinajstić information content (AvgIpc) is 2.80. The highest BCUT2D eigenvalue weighted by atomic mass is 16.5. The Kier molecular flexibility index (Phi) is 7.95. The van der Waals surface area contributed by atoms with E-state index >= 15 is 0 Å². The number of ether oxygens (including phenoxy) is 1. The van der Waals surface area contributed by atoms with Crippen molar-refractivity contribution in [1.29, 1.82) is 0 Å². The minimum atomic E-state index is -1.02. The molecule has 0 saturated heterocycles.